The number of carbonyl (C=O) groups excluding carboxylic acids is 1. The van der Waals surface area contributed by atoms with Crippen LogP contribution >= 0.6 is 0 Å². The van der Waals surface area contributed by atoms with Crippen LogP contribution < -0.4 is 11.1 Å². The summed E-state index contributed by atoms with van der Waals surface area (Å²) in [5.41, 5.74) is 6.67. The monoisotopic (exact) mass is 235 g/mol. The fourth-order valence-electron chi connectivity index (χ4n) is 1.57. The van der Waals surface area contributed by atoms with Crippen molar-refractivity contribution in [1.29, 1.82) is 0 Å². The average Bonchev–Trinajstić information content (AvgIpc) is 2.31. The molecule has 1 amide bonds. The van der Waals surface area contributed by atoms with Crippen LogP contribution in [0.25, 0.3) is 0 Å². The van der Waals surface area contributed by atoms with E-state index in [-0.39, 0.29) is 5.91 Å². The van der Waals surface area contributed by atoms with Gasteiger partial charge in [-0.05, 0) is 26.1 Å². The Labute approximate surface area is 103 Å². The highest BCUT2D eigenvalue weighted by atomic mass is 16.1. The number of piperazine rings is 1. The maximum absolute atomic E-state index is 10.6. The van der Waals surface area contributed by atoms with Crippen molar-refractivity contribution in [1.82, 2.24) is 10.2 Å². The minimum atomic E-state index is -0.372. The van der Waals surface area contributed by atoms with Crippen molar-refractivity contribution in [2.75, 3.05) is 33.2 Å². The van der Waals surface area contributed by atoms with Crippen molar-refractivity contribution in [2.45, 2.75) is 6.92 Å². The third-order valence-corrected chi connectivity index (χ3v) is 2.64. The quantitative estimate of drug-likeness (QED) is 0.750. The van der Waals surface area contributed by atoms with Gasteiger partial charge >= 0.3 is 0 Å². The Kier molecular flexibility index (Phi) is 5.66. The number of carbonyl (C=O) groups is 1. The SMILES string of the molecule is CN1CCNCC1.Cc1cccc(C(N)=O)c1. The molecule has 0 saturated carbocycles. The van der Waals surface area contributed by atoms with Crippen molar-refractivity contribution in [3.63, 3.8) is 0 Å². The Bertz CT molecular complexity index is 359. The second-order valence-electron chi connectivity index (χ2n) is 4.29. The lowest BCUT2D eigenvalue weighted by Gasteiger charge is -2.21. The van der Waals surface area contributed by atoms with E-state index in [0.29, 0.717) is 5.56 Å². The highest BCUT2D eigenvalue weighted by Crippen LogP contribution is 2.01. The first-order valence-electron chi connectivity index (χ1n) is 5.85. The number of rotatable bonds is 1. The molecular weight excluding hydrogens is 214 g/mol. The van der Waals surface area contributed by atoms with Gasteiger partial charge in [0.05, 0.1) is 0 Å². The van der Waals surface area contributed by atoms with Crippen LogP contribution in [0.15, 0.2) is 24.3 Å². The van der Waals surface area contributed by atoms with Crippen molar-refractivity contribution >= 4 is 5.91 Å². The molecule has 0 atom stereocenters. The first-order chi connectivity index (χ1) is 8.09. The van der Waals surface area contributed by atoms with Crippen LogP contribution in [-0.4, -0.2) is 44.0 Å². The van der Waals surface area contributed by atoms with Gasteiger partial charge in [-0.2, -0.15) is 0 Å². The molecule has 0 radical (unpaired) electrons. The van der Waals surface area contributed by atoms with Gasteiger partial charge in [0.1, 0.15) is 0 Å². The molecule has 2 rings (SSSR count). The molecule has 0 aromatic heterocycles. The second-order valence-corrected chi connectivity index (χ2v) is 4.29. The molecule has 1 aliphatic heterocycles. The second kappa shape index (κ2) is 7.04. The fourth-order valence-corrected chi connectivity index (χ4v) is 1.57. The number of nitrogens with zero attached hydrogens (tertiary/aromatic N) is 1. The van der Waals surface area contributed by atoms with E-state index in [4.69, 9.17) is 5.73 Å². The third kappa shape index (κ3) is 5.47. The molecule has 4 heteroatoms. The molecule has 1 aromatic rings. The number of nitrogens with one attached hydrogen (secondary N) is 1. The number of likely N-dealkylation sites (N-methyl/N-ethyl adjacent to an activating group) is 1. The van der Waals surface area contributed by atoms with Crippen LogP contribution in [0, 0.1) is 6.92 Å². The van der Waals surface area contributed by atoms with E-state index in [2.05, 4.69) is 17.3 Å². The molecular formula is C13H21N3O. The molecule has 1 saturated heterocycles. The zero-order chi connectivity index (χ0) is 12.7. The summed E-state index contributed by atoms with van der Waals surface area (Å²) in [5, 5.41) is 3.27. The van der Waals surface area contributed by atoms with Crippen LogP contribution in [0.5, 0.6) is 0 Å². The van der Waals surface area contributed by atoms with E-state index in [1.54, 1.807) is 12.1 Å². The minimum absolute atomic E-state index is 0.372. The summed E-state index contributed by atoms with van der Waals surface area (Å²) >= 11 is 0. The van der Waals surface area contributed by atoms with E-state index in [1.807, 2.05) is 19.1 Å². The molecule has 0 unspecified atom stereocenters. The first-order valence-corrected chi connectivity index (χ1v) is 5.85. The lowest BCUT2D eigenvalue weighted by molar-refractivity contribution is 0.1000. The molecule has 1 heterocycles. The maximum atomic E-state index is 10.6. The van der Waals surface area contributed by atoms with E-state index in [9.17, 15) is 4.79 Å². The summed E-state index contributed by atoms with van der Waals surface area (Å²) in [4.78, 5) is 12.9. The lowest BCUT2D eigenvalue weighted by Crippen LogP contribution is -2.40. The van der Waals surface area contributed by atoms with Gasteiger partial charge in [0, 0.05) is 31.7 Å². The van der Waals surface area contributed by atoms with Gasteiger partial charge in [0.15, 0.2) is 0 Å². The lowest BCUT2D eigenvalue weighted by atomic mass is 10.1. The van der Waals surface area contributed by atoms with E-state index < -0.39 is 0 Å². The summed E-state index contributed by atoms with van der Waals surface area (Å²) in [6.07, 6.45) is 0. The zero-order valence-electron chi connectivity index (χ0n) is 10.6. The predicted octanol–water partition coefficient (Wildman–Crippen LogP) is 0.615. The summed E-state index contributed by atoms with van der Waals surface area (Å²) in [7, 11) is 2.15. The van der Waals surface area contributed by atoms with Gasteiger partial charge in [-0.3, -0.25) is 4.79 Å². The highest BCUT2D eigenvalue weighted by Gasteiger charge is 2.01. The molecule has 0 aliphatic carbocycles. The van der Waals surface area contributed by atoms with Gasteiger partial charge in [-0.25, -0.2) is 0 Å². The van der Waals surface area contributed by atoms with Crippen LogP contribution in [0.4, 0.5) is 0 Å². The van der Waals surface area contributed by atoms with Crippen molar-refractivity contribution in [2.24, 2.45) is 5.73 Å². The summed E-state index contributed by atoms with van der Waals surface area (Å²) < 4.78 is 0. The van der Waals surface area contributed by atoms with Crippen LogP contribution in [0.2, 0.25) is 0 Å². The maximum Gasteiger partial charge on any atom is 0.248 e. The summed E-state index contributed by atoms with van der Waals surface area (Å²) in [6.45, 7) is 6.67. The van der Waals surface area contributed by atoms with Crippen LogP contribution in [-0.2, 0) is 0 Å². The Morgan fingerprint density at radius 3 is 2.35 bits per heavy atom. The number of hydrogen-bond donors (Lipinski definition) is 2. The molecule has 17 heavy (non-hydrogen) atoms. The van der Waals surface area contributed by atoms with Gasteiger partial charge in [-0.1, -0.05) is 17.7 Å². The zero-order valence-corrected chi connectivity index (χ0v) is 10.6. The largest absolute Gasteiger partial charge is 0.366 e. The first kappa shape index (κ1) is 13.7. The number of benzene rings is 1. The molecule has 94 valence electrons. The molecule has 0 spiro atoms. The van der Waals surface area contributed by atoms with Gasteiger partial charge in [0.25, 0.3) is 0 Å². The third-order valence-electron chi connectivity index (χ3n) is 2.64. The number of hydrogen-bond acceptors (Lipinski definition) is 3. The molecule has 3 N–H and O–H groups in total. The standard InChI is InChI=1S/C8H9NO.C5H12N2/c1-6-3-2-4-7(5-6)8(9)10;1-7-4-2-6-3-5-7/h2-5H,1H3,(H2,9,10);6H,2-5H2,1H3. The minimum Gasteiger partial charge on any atom is -0.366 e. The predicted molar refractivity (Wildman–Crippen MR) is 70.1 cm³/mol. The van der Waals surface area contributed by atoms with Crippen LogP contribution in [0.3, 0.4) is 0 Å². The summed E-state index contributed by atoms with van der Waals surface area (Å²) in [6, 6.07) is 7.21. The molecule has 1 aliphatic rings. The van der Waals surface area contributed by atoms with Crippen molar-refractivity contribution in [3.8, 4) is 0 Å². The van der Waals surface area contributed by atoms with Crippen LogP contribution in [0.1, 0.15) is 15.9 Å². The van der Waals surface area contributed by atoms with E-state index in [0.717, 1.165) is 18.7 Å². The van der Waals surface area contributed by atoms with Gasteiger partial charge in [0.2, 0.25) is 5.91 Å². The van der Waals surface area contributed by atoms with E-state index in [1.165, 1.54) is 13.1 Å². The molecule has 1 aromatic carbocycles. The summed E-state index contributed by atoms with van der Waals surface area (Å²) in [5.74, 6) is -0.372. The molecule has 1 fully saturated rings. The Balaban J connectivity index is 0.000000181. The van der Waals surface area contributed by atoms with E-state index >= 15 is 0 Å². The molecule has 0 bridgehead atoms. The Morgan fingerprint density at radius 1 is 1.35 bits per heavy atom. The Morgan fingerprint density at radius 2 is 2.00 bits per heavy atom. The Hall–Kier alpha value is -1.39. The number of aryl methyl sites for hydroxylation is 1. The van der Waals surface area contributed by atoms with Crippen molar-refractivity contribution < 1.29 is 4.79 Å². The normalized spacial score (nSPS) is 15.9. The fraction of sp³-hybridized carbons (Fsp3) is 0.462. The average molecular weight is 235 g/mol. The van der Waals surface area contributed by atoms with Crippen molar-refractivity contribution in [3.05, 3.63) is 35.4 Å². The topological polar surface area (TPSA) is 58.4 Å². The number of primary amides is 1. The van der Waals surface area contributed by atoms with Gasteiger partial charge in [-0.15, -0.1) is 0 Å². The van der Waals surface area contributed by atoms with Gasteiger partial charge < -0.3 is 16.0 Å². The number of nitrogens with two attached hydrogens (primary N) is 1. The molecule has 4 nitrogen and oxygen atoms in total. The smallest absolute Gasteiger partial charge is 0.248 e. The number of amides is 1. The highest BCUT2D eigenvalue weighted by molar-refractivity contribution is 5.92.